The van der Waals surface area contributed by atoms with Crippen LogP contribution in [-0.2, 0) is 11.3 Å². The van der Waals surface area contributed by atoms with Crippen LogP contribution >= 0.6 is 15.9 Å². The average Bonchev–Trinajstić information content (AvgIpc) is 3.24. The molecule has 5 rings (SSSR count). The van der Waals surface area contributed by atoms with Gasteiger partial charge in [-0.05, 0) is 84.5 Å². The van der Waals surface area contributed by atoms with Crippen molar-refractivity contribution in [3.8, 4) is 0 Å². The van der Waals surface area contributed by atoms with E-state index in [0.717, 1.165) is 42.6 Å². The summed E-state index contributed by atoms with van der Waals surface area (Å²) in [5.41, 5.74) is 11.1. The van der Waals surface area contributed by atoms with Gasteiger partial charge < -0.3 is 15.6 Å². The Hall–Kier alpha value is -2.11. The third-order valence-corrected chi connectivity index (χ3v) is 9.05. The van der Waals surface area contributed by atoms with Crippen LogP contribution in [0.4, 0.5) is 0 Å². The quantitative estimate of drug-likeness (QED) is 0.327. The highest BCUT2D eigenvalue weighted by atomic mass is 79.9. The fraction of sp³-hybridized carbons (Fsp3) is 0.516. The highest BCUT2D eigenvalue weighted by Gasteiger charge is 2.27. The summed E-state index contributed by atoms with van der Waals surface area (Å²) in [6, 6.07) is 15.7. The number of carbonyl (C=O) groups excluding carboxylic acids is 1. The van der Waals surface area contributed by atoms with Crippen molar-refractivity contribution in [2.75, 3.05) is 0 Å². The number of fused-ring (bicyclic) bond motifs is 1. The Morgan fingerprint density at radius 3 is 2.56 bits per heavy atom. The Balaban J connectivity index is 1.48. The molecule has 2 aliphatic rings. The van der Waals surface area contributed by atoms with Crippen LogP contribution in [0.25, 0.3) is 10.9 Å². The first-order valence-electron chi connectivity index (χ1n) is 13.9. The molecule has 4 nitrogen and oxygen atoms in total. The number of hydrogen-bond acceptors (Lipinski definition) is 2. The maximum absolute atomic E-state index is 13.4. The average molecular weight is 551 g/mol. The maximum atomic E-state index is 13.4. The number of nitrogens with one attached hydrogen (secondary N) is 1. The molecule has 1 atom stereocenters. The normalized spacial score (nSPS) is 22.0. The van der Waals surface area contributed by atoms with Gasteiger partial charge >= 0.3 is 0 Å². The SMILES string of the molecule is Cc1cccc(C(CC(=O)NC2CCC(N)CC2)c2cn(CC3CCCCC3)c3c(Br)cccc23)c1. The second kappa shape index (κ2) is 11.5. The smallest absolute Gasteiger partial charge is 0.221 e. The van der Waals surface area contributed by atoms with Gasteiger partial charge in [-0.3, -0.25) is 4.79 Å². The summed E-state index contributed by atoms with van der Waals surface area (Å²) in [7, 11) is 0. The summed E-state index contributed by atoms with van der Waals surface area (Å²) in [5, 5.41) is 4.60. The number of hydrogen-bond donors (Lipinski definition) is 2. The lowest BCUT2D eigenvalue weighted by molar-refractivity contribution is -0.122. The van der Waals surface area contributed by atoms with Crippen LogP contribution in [0.1, 0.15) is 86.8 Å². The van der Waals surface area contributed by atoms with E-state index in [1.165, 1.54) is 59.7 Å². The molecular formula is C31H40BrN3O. The maximum Gasteiger partial charge on any atom is 0.221 e. The molecule has 5 heteroatoms. The van der Waals surface area contributed by atoms with Crippen molar-refractivity contribution in [2.24, 2.45) is 11.7 Å². The lowest BCUT2D eigenvalue weighted by atomic mass is 9.86. The zero-order valence-electron chi connectivity index (χ0n) is 21.5. The molecule has 0 aliphatic heterocycles. The van der Waals surface area contributed by atoms with Crippen LogP contribution in [0.3, 0.4) is 0 Å². The summed E-state index contributed by atoms with van der Waals surface area (Å²) >= 11 is 3.85. The van der Waals surface area contributed by atoms with E-state index in [0.29, 0.717) is 6.42 Å². The minimum atomic E-state index is 0.0140. The van der Waals surface area contributed by atoms with Crippen LogP contribution in [0.2, 0.25) is 0 Å². The Morgan fingerprint density at radius 2 is 1.81 bits per heavy atom. The molecule has 0 radical (unpaired) electrons. The molecule has 2 aromatic carbocycles. The first-order valence-corrected chi connectivity index (χ1v) is 14.7. The predicted molar refractivity (Wildman–Crippen MR) is 152 cm³/mol. The lowest BCUT2D eigenvalue weighted by Gasteiger charge is -2.27. The first-order chi connectivity index (χ1) is 17.5. The van der Waals surface area contributed by atoms with E-state index in [2.05, 4.69) is 81.4 Å². The molecule has 1 unspecified atom stereocenters. The number of aromatic nitrogens is 1. The molecule has 2 aliphatic carbocycles. The van der Waals surface area contributed by atoms with Gasteiger partial charge in [-0.2, -0.15) is 0 Å². The Morgan fingerprint density at radius 1 is 1.06 bits per heavy atom. The number of halogens is 1. The number of nitrogens with zero attached hydrogens (tertiary/aromatic N) is 1. The van der Waals surface area contributed by atoms with Crippen molar-refractivity contribution >= 4 is 32.7 Å². The molecule has 3 N–H and O–H groups in total. The van der Waals surface area contributed by atoms with E-state index in [-0.39, 0.29) is 23.9 Å². The number of rotatable bonds is 7. The number of amides is 1. The molecule has 2 saturated carbocycles. The summed E-state index contributed by atoms with van der Waals surface area (Å²) in [6.45, 7) is 3.18. The number of nitrogens with two attached hydrogens (primary N) is 1. The lowest BCUT2D eigenvalue weighted by Crippen LogP contribution is -2.40. The molecule has 1 aromatic heterocycles. The van der Waals surface area contributed by atoms with E-state index < -0.39 is 0 Å². The molecule has 1 heterocycles. The summed E-state index contributed by atoms with van der Waals surface area (Å²) in [4.78, 5) is 13.4. The van der Waals surface area contributed by atoms with Crippen molar-refractivity contribution in [1.82, 2.24) is 9.88 Å². The fourth-order valence-corrected chi connectivity index (χ4v) is 7.04. The second-order valence-electron chi connectivity index (χ2n) is 11.2. The van der Waals surface area contributed by atoms with Crippen LogP contribution in [-0.4, -0.2) is 22.6 Å². The Labute approximate surface area is 224 Å². The van der Waals surface area contributed by atoms with Crippen molar-refractivity contribution in [3.05, 3.63) is 69.8 Å². The molecule has 1 amide bonds. The van der Waals surface area contributed by atoms with Gasteiger partial charge in [-0.15, -0.1) is 0 Å². The van der Waals surface area contributed by atoms with Gasteiger partial charge in [0.25, 0.3) is 0 Å². The van der Waals surface area contributed by atoms with Gasteiger partial charge in [0.15, 0.2) is 0 Å². The van der Waals surface area contributed by atoms with E-state index >= 15 is 0 Å². The van der Waals surface area contributed by atoms with Crippen LogP contribution in [0.15, 0.2) is 53.1 Å². The number of carbonyl (C=O) groups is 1. The topological polar surface area (TPSA) is 60.1 Å². The Kier molecular flexibility index (Phi) is 8.17. The third kappa shape index (κ3) is 5.89. The monoisotopic (exact) mass is 549 g/mol. The zero-order valence-corrected chi connectivity index (χ0v) is 23.1. The fourth-order valence-electron chi connectivity index (χ4n) is 6.44. The van der Waals surface area contributed by atoms with Crippen molar-refractivity contribution in [3.63, 3.8) is 0 Å². The molecule has 2 fully saturated rings. The van der Waals surface area contributed by atoms with Gasteiger partial charge in [0.1, 0.15) is 0 Å². The molecule has 36 heavy (non-hydrogen) atoms. The highest BCUT2D eigenvalue weighted by Crippen LogP contribution is 2.39. The molecule has 0 spiro atoms. The van der Waals surface area contributed by atoms with E-state index in [4.69, 9.17) is 5.73 Å². The van der Waals surface area contributed by atoms with E-state index in [1.807, 2.05) is 0 Å². The van der Waals surface area contributed by atoms with Crippen molar-refractivity contribution in [1.29, 1.82) is 0 Å². The second-order valence-corrected chi connectivity index (χ2v) is 12.1. The molecule has 3 aromatic rings. The third-order valence-electron chi connectivity index (χ3n) is 8.41. The largest absolute Gasteiger partial charge is 0.353 e. The van der Waals surface area contributed by atoms with Crippen molar-refractivity contribution in [2.45, 2.75) is 95.7 Å². The van der Waals surface area contributed by atoms with Crippen molar-refractivity contribution < 1.29 is 4.79 Å². The highest BCUT2D eigenvalue weighted by molar-refractivity contribution is 9.10. The van der Waals surface area contributed by atoms with E-state index in [1.54, 1.807) is 0 Å². The predicted octanol–water partition coefficient (Wildman–Crippen LogP) is 7.20. The molecule has 0 bridgehead atoms. The van der Waals surface area contributed by atoms with Crippen LogP contribution in [0.5, 0.6) is 0 Å². The van der Waals surface area contributed by atoms with Gasteiger partial charge in [0, 0.05) is 47.0 Å². The van der Waals surface area contributed by atoms with Gasteiger partial charge in [0.2, 0.25) is 5.91 Å². The number of para-hydroxylation sites is 1. The number of benzene rings is 2. The van der Waals surface area contributed by atoms with Crippen LogP contribution < -0.4 is 11.1 Å². The molecule has 0 saturated heterocycles. The first kappa shape index (κ1) is 25.5. The number of aryl methyl sites for hydroxylation is 1. The van der Waals surface area contributed by atoms with Gasteiger partial charge in [-0.1, -0.05) is 61.2 Å². The Bertz CT molecular complexity index is 1190. The van der Waals surface area contributed by atoms with Crippen LogP contribution in [0, 0.1) is 12.8 Å². The summed E-state index contributed by atoms with van der Waals surface area (Å²) < 4.78 is 3.60. The van der Waals surface area contributed by atoms with E-state index in [9.17, 15) is 4.79 Å². The molecule has 192 valence electrons. The van der Waals surface area contributed by atoms with Gasteiger partial charge in [0.05, 0.1) is 5.52 Å². The minimum Gasteiger partial charge on any atom is -0.353 e. The minimum absolute atomic E-state index is 0.0140. The standard InChI is InChI=1S/C31H40BrN3O/c1-21-7-5-10-23(17-21)27(18-30(36)34-25-15-13-24(33)14-16-25)28-20-35(19-22-8-3-2-4-9-22)31-26(28)11-6-12-29(31)32/h5-7,10-12,17,20,22,24-25,27H,2-4,8-9,13-16,18-19,33H2,1H3,(H,34,36). The zero-order chi connectivity index (χ0) is 25.1. The van der Waals surface area contributed by atoms with Gasteiger partial charge in [-0.25, -0.2) is 0 Å². The summed E-state index contributed by atoms with van der Waals surface area (Å²) in [6.07, 6.45) is 13.4. The summed E-state index contributed by atoms with van der Waals surface area (Å²) in [5.74, 6) is 0.887. The molecular weight excluding hydrogens is 510 g/mol.